The molecule has 0 radical (unpaired) electrons. The van der Waals surface area contributed by atoms with E-state index < -0.39 is 0 Å². The highest BCUT2D eigenvalue weighted by Crippen LogP contribution is 2.29. The maximum atomic E-state index is 12.2. The quantitative estimate of drug-likeness (QED) is 0.778. The maximum Gasteiger partial charge on any atom is 0.258 e. The molecule has 0 spiro atoms. The van der Waals surface area contributed by atoms with Gasteiger partial charge in [-0.3, -0.25) is 10.1 Å². The van der Waals surface area contributed by atoms with Crippen molar-refractivity contribution in [2.75, 3.05) is 0 Å². The van der Waals surface area contributed by atoms with E-state index in [9.17, 15) is 4.79 Å². The van der Waals surface area contributed by atoms with Crippen molar-refractivity contribution in [2.24, 2.45) is 11.8 Å². The van der Waals surface area contributed by atoms with Gasteiger partial charge in [0.2, 0.25) is 0 Å². The Morgan fingerprint density at radius 3 is 2.71 bits per heavy atom. The van der Waals surface area contributed by atoms with Gasteiger partial charge < -0.3 is 5.32 Å². The third kappa shape index (κ3) is 4.27. The number of halogens is 1. The minimum absolute atomic E-state index is 0.184. The monoisotopic (exact) mass is 368 g/mol. The molecular weight excluding hydrogens is 348 g/mol. The summed E-state index contributed by atoms with van der Waals surface area (Å²) < 4.78 is 0.768. The predicted molar refractivity (Wildman–Crippen MR) is 93.3 cm³/mol. The average molecular weight is 369 g/mol. The number of rotatable bonds is 2. The second kappa shape index (κ2) is 7.36. The molecule has 0 saturated heterocycles. The largest absolute Gasteiger partial charge is 0.359 e. The van der Waals surface area contributed by atoms with E-state index in [-0.39, 0.29) is 5.91 Å². The fraction of sp³-hybridized carbons (Fsp3) is 0.500. The molecule has 1 amide bonds. The van der Waals surface area contributed by atoms with Crippen LogP contribution < -0.4 is 10.6 Å². The molecule has 1 fully saturated rings. The summed E-state index contributed by atoms with van der Waals surface area (Å²) >= 11 is 8.67. The van der Waals surface area contributed by atoms with Crippen LogP contribution in [0.5, 0.6) is 0 Å². The predicted octanol–water partition coefficient (Wildman–Crippen LogP) is 3.88. The van der Waals surface area contributed by atoms with Gasteiger partial charge in [0.1, 0.15) is 0 Å². The number of thiocarbonyl (C=S) groups is 1. The molecule has 2 N–H and O–H groups in total. The van der Waals surface area contributed by atoms with Crippen LogP contribution in [0.15, 0.2) is 28.7 Å². The van der Waals surface area contributed by atoms with Crippen LogP contribution in [0.4, 0.5) is 0 Å². The Labute approximate surface area is 140 Å². The van der Waals surface area contributed by atoms with E-state index >= 15 is 0 Å². The molecule has 1 saturated carbocycles. The second-order valence-electron chi connectivity index (χ2n) is 5.78. The molecule has 0 heterocycles. The number of hydrogen-bond acceptors (Lipinski definition) is 2. The second-order valence-corrected chi connectivity index (χ2v) is 7.04. The summed E-state index contributed by atoms with van der Waals surface area (Å²) in [5.74, 6) is 1.08. The van der Waals surface area contributed by atoms with E-state index in [1.54, 1.807) is 6.07 Å². The molecule has 2 rings (SSSR count). The van der Waals surface area contributed by atoms with Gasteiger partial charge in [-0.2, -0.15) is 0 Å². The first-order valence-corrected chi connectivity index (χ1v) is 8.55. The first-order chi connectivity index (χ1) is 9.99. The third-order valence-corrected chi connectivity index (χ3v) is 5.28. The van der Waals surface area contributed by atoms with Crippen LogP contribution in [0.2, 0.25) is 0 Å². The lowest BCUT2D eigenvalue weighted by atomic mass is 9.78. The Hall–Kier alpha value is -0.940. The van der Waals surface area contributed by atoms with E-state index in [2.05, 4.69) is 40.4 Å². The van der Waals surface area contributed by atoms with Crippen LogP contribution in [0.1, 0.15) is 43.5 Å². The lowest BCUT2D eigenvalue weighted by Crippen LogP contribution is -2.49. The Kier molecular flexibility index (Phi) is 5.76. The number of nitrogens with one attached hydrogen (secondary N) is 2. The Morgan fingerprint density at radius 2 is 2.00 bits per heavy atom. The molecule has 0 bridgehead atoms. The van der Waals surface area contributed by atoms with Crippen LogP contribution in [-0.4, -0.2) is 17.1 Å². The zero-order valence-corrected chi connectivity index (χ0v) is 14.8. The average Bonchev–Trinajstić information content (AvgIpc) is 2.44. The zero-order valence-electron chi connectivity index (χ0n) is 12.4. The lowest BCUT2D eigenvalue weighted by Gasteiger charge is -2.35. The summed E-state index contributed by atoms with van der Waals surface area (Å²) in [4.78, 5) is 12.2. The number of amides is 1. The van der Waals surface area contributed by atoms with E-state index in [1.165, 1.54) is 12.8 Å². The van der Waals surface area contributed by atoms with Gasteiger partial charge >= 0.3 is 0 Å². The summed E-state index contributed by atoms with van der Waals surface area (Å²) in [5.41, 5.74) is 0.590. The molecule has 1 aliphatic rings. The van der Waals surface area contributed by atoms with Gasteiger partial charge in [0, 0.05) is 10.5 Å². The SMILES string of the molecule is C[C@@H]1[C@H](C)CCC[C@H]1NC(=S)NC(=O)c1ccccc1Br. The molecular formula is C16H21BrN2OS. The van der Waals surface area contributed by atoms with E-state index in [4.69, 9.17) is 12.2 Å². The van der Waals surface area contributed by atoms with Crippen molar-refractivity contribution < 1.29 is 4.79 Å². The van der Waals surface area contributed by atoms with Crippen molar-refractivity contribution >= 4 is 39.2 Å². The molecule has 0 aliphatic heterocycles. The summed E-state index contributed by atoms with van der Waals surface area (Å²) in [6.45, 7) is 4.53. The first-order valence-electron chi connectivity index (χ1n) is 7.35. The van der Waals surface area contributed by atoms with Crippen molar-refractivity contribution in [1.29, 1.82) is 0 Å². The normalized spacial score (nSPS) is 25.2. The van der Waals surface area contributed by atoms with Crippen LogP contribution in [0.3, 0.4) is 0 Å². The molecule has 1 aromatic rings. The third-order valence-electron chi connectivity index (χ3n) is 4.37. The molecule has 5 heteroatoms. The Balaban J connectivity index is 1.93. The van der Waals surface area contributed by atoms with Gasteiger partial charge in [-0.1, -0.05) is 38.8 Å². The number of hydrogen-bond donors (Lipinski definition) is 2. The van der Waals surface area contributed by atoms with Gasteiger partial charge in [0.25, 0.3) is 5.91 Å². The fourth-order valence-electron chi connectivity index (χ4n) is 2.81. The summed E-state index contributed by atoms with van der Waals surface area (Å²) in [6.07, 6.45) is 3.59. The van der Waals surface area contributed by atoms with Gasteiger partial charge in [0.15, 0.2) is 5.11 Å². The Bertz CT molecular complexity index is 535. The van der Waals surface area contributed by atoms with Crippen LogP contribution in [0.25, 0.3) is 0 Å². The van der Waals surface area contributed by atoms with E-state index in [1.807, 2.05) is 18.2 Å². The van der Waals surface area contributed by atoms with Crippen molar-refractivity contribution in [1.82, 2.24) is 10.6 Å². The topological polar surface area (TPSA) is 41.1 Å². The standard InChI is InChI=1S/C16H21BrN2OS/c1-10-6-5-9-14(11(10)2)18-16(21)19-15(20)12-7-3-4-8-13(12)17/h3-4,7-8,10-11,14H,5-6,9H2,1-2H3,(H2,18,19,20,21)/t10-,11-,14-/m1/s1. The highest BCUT2D eigenvalue weighted by atomic mass is 79.9. The maximum absolute atomic E-state index is 12.2. The van der Waals surface area contributed by atoms with Crippen molar-refractivity contribution in [3.05, 3.63) is 34.3 Å². The molecule has 3 nitrogen and oxygen atoms in total. The number of carbonyl (C=O) groups excluding carboxylic acids is 1. The minimum atomic E-state index is -0.184. The molecule has 0 unspecified atom stereocenters. The molecule has 1 aromatic carbocycles. The molecule has 1 aliphatic carbocycles. The smallest absolute Gasteiger partial charge is 0.258 e. The lowest BCUT2D eigenvalue weighted by molar-refractivity contribution is 0.0975. The highest BCUT2D eigenvalue weighted by Gasteiger charge is 2.27. The van der Waals surface area contributed by atoms with Gasteiger partial charge in [-0.25, -0.2) is 0 Å². The molecule has 114 valence electrons. The van der Waals surface area contributed by atoms with Crippen molar-refractivity contribution in [3.63, 3.8) is 0 Å². The van der Waals surface area contributed by atoms with Crippen molar-refractivity contribution in [3.8, 4) is 0 Å². The molecule has 3 atom stereocenters. The van der Waals surface area contributed by atoms with Gasteiger partial charge in [-0.15, -0.1) is 0 Å². The minimum Gasteiger partial charge on any atom is -0.359 e. The van der Waals surface area contributed by atoms with Gasteiger partial charge in [0.05, 0.1) is 5.56 Å². The summed E-state index contributed by atoms with van der Waals surface area (Å²) in [6, 6.07) is 7.67. The highest BCUT2D eigenvalue weighted by molar-refractivity contribution is 9.10. The summed E-state index contributed by atoms with van der Waals surface area (Å²) in [5, 5.41) is 6.49. The van der Waals surface area contributed by atoms with Crippen LogP contribution in [0, 0.1) is 11.8 Å². The first kappa shape index (κ1) is 16.4. The van der Waals surface area contributed by atoms with Crippen LogP contribution in [-0.2, 0) is 0 Å². The van der Waals surface area contributed by atoms with Crippen LogP contribution >= 0.6 is 28.1 Å². The zero-order chi connectivity index (χ0) is 15.4. The van der Waals surface area contributed by atoms with Gasteiger partial charge in [-0.05, 0) is 58.5 Å². The Morgan fingerprint density at radius 1 is 1.29 bits per heavy atom. The van der Waals surface area contributed by atoms with E-state index in [0.717, 1.165) is 10.9 Å². The fourth-order valence-corrected chi connectivity index (χ4v) is 3.51. The number of carbonyl (C=O) groups is 1. The molecule has 21 heavy (non-hydrogen) atoms. The van der Waals surface area contributed by atoms with Crippen molar-refractivity contribution in [2.45, 2.75) is 39.2 Å². The van der Waals surface area contributed by atoms with E-state index in [0.29, 0.717) is 28.6 Å². The summed E-state index contributed by atoms with van der Waals surface area (Å²) in [7, 11) is 0. The number of benzene rings is 1. The molecule has 0 aromatic heterocycles.